The van der Waals surface area contributed by atoms with Gasteiger partial charge >= 0.3 is 16.3 Å². The van der Waals surface area contributed by atoms with E-state index in [0.29, 0.717) is 17.3 Å². The van der Waals surface area contributed by atoms with Crippen molar-refractivity contribution in [3.63, 3.8) is 0 Å². The molecule has 2 fully saturated rings. The van der Waals surface area contributed by atoms with Crippen molar-refractivity contribution in [2.24, 2.45) is 0 Å². The predicted octanol–water partition coefficient (Wildman–Crippen LogP) is -0.0159. The topological polar surface area (TPSA) is 107 Å². The highest BCUT2D eigenvalue weighted by molar-refractivity contribution is 7.84. The normalized spacial score (nSPS) is 24.0. The van der Waals surface area contributed by atoms with Crippen LogP contribution in [0.15, 0.2) is 30.3 Å². The van der Waals surface area contributed by atoms with Gasteiger partial charge in [-0.05, 0) is 12.0 Å². The Balaban J connectivity index is 1.63. The molecule has 22 heavy (non-hydrogen) atoms. The van der Waals surface area contributed by atoms with E-state index >= 15 is 0 Å². The number of fused-ring (bicyclic) bond motifs is 1. The molecule has 2 atom stereocenters. The number of amides is 3. The Hall–Kier alpha value is -2.13. The zero-order chi connectivity index (χ0) is 15.9. The second-order valence-electron chi connectivity index (χ2n) is 5.25. The van der Waals surface area contributed by atoms with Gasteiger partial charge in [0.1, 0.15) is 6.04 Å². The van der Waals surface area contributed by atoms with E-state index in [-0.39, 0.29) is 6.54 Å². The number of carbonyl (C=O) groups is 2. The van der Waals surface area contributed by atoms with Crippen molar-refractivity contribution in [2.45, 2.75) is 25.0 Å². The van der Waals surface area contributed by atoms with E-state index in [1.54, 1.807) is 0 Å². The van der Waals surface area contributed by atoms with Gasteiger partial charge in [-0.3, -0.25) is 9.35 Å². The zero-order valence-electron chi connectivity index (χ0n) is 11.5. The Morgan fingerprint density at radius 2 is 2.00 bits per heavy atom. The fourth-order valence-electron chi connectivity index (χ4n) is 2.92. The molecular formula is C13H15N3O5S. The summed E-state index contributed by atoms with van der Waals surface area (Å²) < 4.78 is 31.6. The lowest BCUT2D eigenvalue weighted by Crippen LogP contribution is -2.68. The number of hydrogen-bond donors (Lipinski definition) is 2. The lowest BCUT2D eigenvalue weighted by molar-refractivity contribution is -0.143. The van der Waals surface area contributed by atoms with Crippen LogP contribution in [0.2, 0.25) is 0 Å². The van der Waals surface area contributed by atoms with E-state index < -0.39 is 34.3 Å². The van der Waals surface area contributed by atoms with E-state index in [1.165, 1.54) is 4.90 Å². The van der Waals surface area contributed by atoms with Crippen LogP contribution in [0.1, 0.15) is 12.0 Å². The van der Waals surface area contributed by atoms with Crippen molar-refractivity contribution in [2.75, 3.05) is 6.54 Å². The average molecular weight is 325 g/mol. The van der Waals surface area contributed by atoms with Crippen LogP contribution in [0.3, 0.4) is 0 Å². The van der Waals surface area contributed by atoms with Crippen molar-refractivity contribution < 1.29 is 22.6 Å². The van der Waals surface area contributed by atoms with Crippen LogP contribution in [0, 0.1) is 0 Å². The quantitative estimate of drug-likeness (QED) is 0.600. The maximum absolute atomic E-state index is 12.1. The second-order valence-corrected chi connectivity index (χ2v) is 6.54. The summed E-state index contributed by atoms with van der Waals surface area (Å²) in [6, 6.07) is 7.42. The van der Waals surface area contributed by atoms with Crippen molar-refractivity contribution in [1.82, 2.24) is 14.5 Å². The van der Waals surface area contributed by atoms with Gasteiger partial charge in [0.2, 0.25) is 0 Å². The first-order valence-electron chi connectivity index (χ1n) is 6.78. The second kappa shape index (κ2) is 5.25. The molecule has 0 aliphatic carbocycles. The first kappa shape index (κ1) is 14.8. The molecular weight excluding hydrogens is 310 g/mol. The molecule has 118 valence electrons. The number of benzene rings is 1. The van der Waals surface area contributed by atoms with Crippen LogP contribution in [-0.4, -0.2) is 52.7 Å². The van der Waals surface area contributed by atoms with Gasteiger partial charge in [-0.25, -0.2) is 9.10 Å². The fraction of sp³-hybridized carbons (Fsp3) is 0.385. The summed E-state index contributed by atoms with van der Waals surface area (Å²) in [6.07, 6.45) is 0.328. The van der Waals surface area contributed by atoms with Gasteiger partial charge in [-0.2, -0.15) is 8.42 Å². The molecule has 2 unspecified atom stereocenters. The lowest BCUT2D eigenvalue weighted by atomic mass is 10.0. The summed E-state index contributed by atoms with van der Waals surface area (Å²) in [5.74, 6) is -0.764. The molecule has 0 saturated carbocycles. The molecule has 2 aliphatic rings. The number of hydrogen-bond acceptors (Lipinski definition) is 4. The van der Waals surface area contributed by atoms with Gasteiger partial charge in [-0.1, -0.05) is 30.3 Å². The van der Waals surface area contributed by atoms with E-state index in [4.69, 9.17) is 4.55 Å². The van der Waals surface area contributed by atoms with E-state index in [9.17, 15) is 18.0 Å². The van der Waals surface area contributed by atoms with E-state index in [2.05, 4.69) is 5.32 Å². The van der Waals surface area contributed by atoms with E-state index in [0.717, 1.165) is 5.56 Å². The molecule has 3 amide bonds. The third kappa shape index (κ3) is 2.42. The molecule has 9 heteroatoms. The zero-order valence-corrected chi connectivity index (χ0v) is 12.4. The van der Waals surface area contributed by atoms with Crippen molar-refractivity contribution >= 4 is 22.2 Å². The Morgan fingerprint density at radius 1 is 1.32 bits per heavy atom. The number of nitrogens with one attached hydrogen (secondary N) is 1. The van der Waals surface area contributed by atoms with Crippen LogP contribution in [0.25, 0.3) is 0 Å². The van der Waals surface area contributed by atoms with Crippen LogP contribution < -0.4 is 5.32 Å². The predicted molar refractivity (Wildman–Crippen MR) is 76.0 cm³/mol. The summed E-state index contributed by atoms with van der Waals surface area (Å²) in [5.41, 5.74) is 0.922. The molecule has 1 aromatic rings. The Bertz CT molecular complexity index is 706. The lowest BCUT2D eigenvalue weighted by Gasteiger charge is -2.42. The highest BCUT2D eigenvalue weighted by Crippen LogP contribution is 2.35. The molecule has 2 heterocycles. The third-order valence-corrected chi connectivity index (χ3v) is 4.88. The SMILES string of the molecule is O=C(NCc1ccccc1)N1CCC2C1C(=O)N2S(=O)(=O)O. The number of urea groups is 1. The van der Waals surface area contributed by atoms with Gasteiger partial charge in [-0.15, -0.1) is 0 Å². The van der Waals surface area contributed by atoms with Gasteiger partial charge in [0, 0.05) is 13.1 Å². The number of likely N-dealkylation sites (tertiary alicyclic amines) is 1. The molecule has 3 rings (SSSR count). The molecule has 8 nitrogen and oxygen atoms in total. The molecule has 0 bridgehead atoms. The maximum Gasteiger partial charge on any atom is 0.362 e. The molecule has 0 radical (unpaired) electrons. The Kier molecular flexibility index (Phi) is 3.53. The molecule has 0 spiro atoms. The fourth-order valence-corrected chi connectivity index (χ4v) is 3.82. The maximum atomic E-state index is 12.1. The molecule has 2 N–H and O–H groups in total. The third-order valence-electron chi connectivity index (χ3n) is 3.93. The van der Waals surface area contributed by atoms with Gasteiger partial charge < -0.3 is 10.2 Å². The molecule has 0 aromatic heterocycles. The standard InChI is InChI=1S/C13H15N3O5S/c17-12-11-10(16(12)22(19,20)21)6-7-15(11)13(18)14-8-9-4-2-1-3-5-9/h1-5,10-11H,6-8H2,(H,14,18)(H,19,20,21). The summed E-state index contributed by atoms with van der Waals surface area (Å²) in [5, 5.41) is 2.70. The number of β-lactam (4-membered cyclic amide) rings is 1. The minimum atomic E-state index is -4.55. The van der Waals surface area contributed by atoms with Crippen LogP contribution >= 0.6 is 0 Å². The Labute approximate surface area is 127 Å². The highest BCUT2D eigenvalue weighted by atomic mass is 32.2. The summed E-state index contributed by atoms with van der Waals surface area (Å²) in [4.78, 5) is 25.3. The van der Waals surface area contributed by atoms with Crippen molar-refractivity contribution in [3.8, 4) is 0 Å². The van der Waals surface area contributed by atoms with Crippen LogP contribution in [0.5, 0.6) is 0 Å². The van der Waals surface area contributed by atoms with Gasteiger partial charge in [0.05, 0.1) is 6.04 Å². The molecule has 2 aliphatic heterocycles. The monoisotopic (exact) mass is 325 g/mol. The summed E-state index contributed by atoms with van der Waals surface area (Å²) >= 11 is 0. The van der Waals surface area contributed by atoms with Crippen molar-refractivity contribution in [1.29, 1.82) is 0 Å². The largest absolute Gasteiger partial charge is 0.362 e. The number of carbonyl (C=O) groups excluding carboxylic acids is 2. The van der Waals surface area contributed by atoms with Crippen LogP contribution in [-0.2, 0) is 21.6 Å². The van der Waals surface area contributed by atoms with E-state index in [1.807, 2.05) is 30.3 Å². The van der Waals surface area contributed by atoms with Crippen molar-refractivity contribution in [3.05, 3.63) is 35.9 Å². The van der Waals surface area contributed by atoms with Crippen LogP contribution in [0.4, 0.5) is 4.79 Å². The first-order valence-corrected chi connectivity index (χ1v) is 8.18. The minimum absolute atomic E-state index is 0.272. The minimum Gasteiger partial charge on any atom is -0.334 e. The molecule has 2 saturated heterocycles. The first-order chi connectivity index (χ1) is 10.4. The van der Waals surface area contributed by atoms with Gasteiger partial charge in [0.25, 0.3) is 5.91 Å². The highest BCUT2D eigenvalue weighted by Gasteiger charge is 2.59. The molecule has 1 aromatic carbocycles. The number of rotatable bonds is 3. The summed E-state index contributed by atoms with van der Waals surface area (Å²) in [7, 11) is -4.55. The number of nitrogens with zero attached hydrogens (tertiary/aromatic N) is 2. The Morgan fingerprint density at radius 3 is 2.64 bits per heavy atom. The average Bonchev–Trinajstić information content (AvgIpc) is 2.83. The summed E-state index contributed by atoms with van der Waals surface area (Å²) in [6.45, 7) is 0.595. The van der Waals surface area contributed by atoms with Gasteiger partial charge in [0.15, 0.2) is 0 Å². The smallest absolute Gasteiger partial charge is 0.334 e.